The molecule has 5 heteroatoms. The van der Waals surface area contributed by atoms with Crippen molar-refractivity contribution in [3.05, 3.63) is 35.1 Å². The molecule has 18 heavy (non-hydrogen) atoms. The first-order chi connectivity index (χ1) is 8.61. The molecule has 1 unspecified atom stereocenters. The Kier molecular flexibility index (Phi) is 3.93. The minimum Gasteiger partial charge on any atom is -0.296 e. The summed E-state index contributed by atoms with van der Waals surface area (Å²) in [5.74, 6) is 4.40. The van der Waals surface area contributed by atoms with Crippen LogP contribution in [-0.4, -0.2) is 23.4 Å². The van der Waals surface area contributed by atoms with E-state index in [1.165, 1.54) is 12.1 Å². The molecular weight excluding hydrogens is 233 g/mol. The summed E-state index contributed by atoms with van der Waals surface area (Å²) >= 11 is 0. The summed E-state index contributed by atoms with van der Waals surface area (Å²) in [6, 6.07) is 4.80. The van der Waals surface area contributed by atoms with Crippen LogP contribution in [0.5, 0.6) is 0 Å². The van der Waals surface area contributed by atoms with Crippen LogP contribution in [0.3, 0.4) is 0 Å². The first-order valence-electron chi connectivity index (χ1n) is 6.15. The zero-order valence-electron chi connectivity index (χ0n) is 10.4. The number of benzene rings is 1. The zero-order chi connectivity index (χ0) is 13.1. The quantitative estimate of drug-likeness (QED) is 0.485. The van der Waals surface area contributed by atoms with Gasteiger partial charge in [-0.2, -0.15) is 0 Å². The van der Waals surface area contributed by atoms with Crippen molar-refractivity contribution in [3.8, 4) is 0 Å². The number of nitrogen functional groups attached to an aromatic ring is 1. The maximum absolute atomic E-state index is 13.7. The van der Waals surface area contributed by atoms with Gasteiger partial charge in [-0.3, -0.25) is 15.1 Å². The van der Waals surface area contributed by atoms with E-state index in [1.54, 1.807) is 6.07 Å². The summed E-state index contributed by atoms with van der Waals surface area (Å²) in [7, 11) is 0. The van der Waals surface area contributed by atoms with Crippen molar-refractivity contribution in [2.45, 2.75) is 32.4 Å². The molecule has 0 radical (unpaired) electrons. The summed E-state index contributed by atoms with van der Waals surface area (Å²) in [5.41, 5.74) is 2.99. The molecule has 1 aliphatic heterocycles. The molecule has 1 fully saturated rings. The Bertz CT molecular complexity index is 450. The van der Waals surface area contributed by atoms with E-state index in [9.17, 15) is 9.18 Å². The van der Waals surface area contributed by atoms with E-state index in [-0.39, 0.29) is 5.82 Å². The van der Waals surface area contributed by atoms with Gasteiger partial charge in [-0.15, -0.1) is 0 Å². The van der Waals surface area contributed by atoms with Crippen LogP contribution in [0, 0.1) is 5.82 Å². The number of amides is 1. The van der Waals surface area contributed by atoms with Gasteiger partial charge in [-0.1, -0.05) is 0 Å². The number of rotatable bonds is 3. The molecule has 0 bridgehead atoms. The van der Waals surface area contributed by atoms with Crippen LogP contribution >= 0.6 is 0 Å². The molecule has 1 aromatic rings. The molecule has 0 spiro atoms. The number of carbonyl (C=O) groups is 1. The van der Waals surface area contributed by atoms with Crippen LogP contribution < -0.4 is 11.3 Å². The number of hydrogen-bond acceptors (Lipinski definition) is 3. The van der Waals surface area contributed by atoms with Crippen molar-refractivity contribution in [2.24, 2.45) is 5.84 Å². The first-order valence-corrected chi connectivity index (χ1v) is 6.15. The first kappa shape index (κ1) is 13.0. The Morgan fingerprint density at radius 3 is 3.00 bits per heavy atom. The van der Waals surface area contributed by atoms with Gasteiger partial charge < -0.3 is 0 Å². The third-order valence-electron chi connectivity index (χ3n) is 3.50. The molecular formula is C13H18FN3O. The summed E-state index contributed by atoms with van der Waals surface area (Å²) in [6.07, 6.45) is 2.29. The van der Waals surface area contributed by atoms with Crippen LogP contribution in [0.15, 0.2) is 18.2 Å². The number of hydrazine groups is 1. The molecule has 0 aromatic heterocycles. The smallest absolute Gasteiger partial charge is 0.265 e. The number of likely N-dealkylation sites (tertiary alicyclic amines) is 1. The third-order valence-corrected chi connectivity index (χ3v) is 3.50. The molecule has 0 aliphatic carbocycles. The maximum Gasteiger partial charge on any atom is 0.265 e. The SMILES string of the molecule is CC1CCCN1Cc1cc(C(=O)NN)ccc1F. The van der Waals surface area contributed by atoms with Crippen LogP contribution in [0.4, 0.5) is 4.39 Å². The highest BCUT2D eigenvalue weighted by molar-refractivity contribution is 5.93. The fourth-order valence-electron chi connectivity index (χ4n) is 2.37. The van der Waals surface area contributed by atoms with Crippen LogP contribution in [0.25, 0.3) is 0 Å². The van der Waals surface area contributed by atoms with Crippen LogP contribution in [-0.2, 0) is 6.54 Å². The second-order valence-electron chi connectivity index (χ2n) is 4.74. The summed E-state index contributed by atoms with van der Waals surface area (Å²) in [4.78, 5) is 13.6. The van der Waals surface area contributed by atoms with E-state index in [4.69, 9.17) is 5.84 Å². The Morgan fingerprint density at radius 1 is 1.61 bits per heavy atom. The molecule has 1 aromatic carbocycles. The Balaban J connectivity index is 2.18. The van der Waals surface area contributed by atoms with Gasteiger partial charge in [-0.05, 0) is 44.5 Å². The Hall–Kier alpha value is -1.46. The molecule has 4 nitrogen and oxygen atoms in total. The fraction of sp³-hybridized carbons (Fsp3) is 0.462. The summed E-state index contributed by atoms with van der Waals surface area (Å²) < 4.78 is 13.7. The summed E-state index contributed by atoms with van der Waals surface area (Å²) in [5, 5.41) is 0. The lowest BCUT2D eigenvalue weighted by Crippen LogP contribution is -2.30. The van der Waals surface area contributed by atoms with E-state index in [0.717, 1.165) is 19.4 Å². The molecule has 1 atom stereocenters. The number of hydrogen-bond donors (Lipinski definition) is 2. The fourth-order valence-corrected chi connectivity index (χ4v) is 2.37. The molecule has 2 rings (SSSR count). The standard InChI is InChI=1S/C13H18FN3O/c1-9-3-2-6-17(9)8-11-7-10(13(18)16-15)4-5-12(11)14/h4-5,7,9H,2-3,6,8,15H2,1H3,(H,16,18). The predicted molar refractivity (Wildman–Crippen MR) is 67.2 cm³/mol. The minimum absolute atomic E-state index is 0.275. The maximum atomic E-state index is 13.7. The zero-order valence-corrected chi connectivity index (χ0v) is 10.4. The van der Waals surface area contributed by atoms with E-state index < -0.39 is 5.91 Å². The van der Waals surface area contributed by atoms with Gasteiger partial charge >= 0.3 is 0 Å². The van der Waals surface area contributed by atoms with Gasteiger partial charge in [0.2, 0.25) is 0 Å². The van der Waals surface area contributed by atoms with Crippen LogP contribution in [0.2, 0.25) is 0 Å². The number of nitrogens with zero attached hydrogens (tertiary/aromatic N) is 1. The highest BCUT2D eigenvalue weighted by Gasteiger charge is 2.21. The molecule has 1 aliphatic rings. The topological polar surface area (TPSA) is 58.4 Å². The lowest BCUT2D eigenvalue weighted by molar-refractivity contribution is 0.0953. The molecule has 0 saturated carbocycles. The van der Waals surface area contributed by atoms with Gasteiger partial charge in [0.05, 0.1) is 0 Å². The normalized spacial score (nSPS) is 20.1. The lowest BCUT2D eigenvalue weighted by Gasteiger charge is -2.21. The number of nitrogens with one attached hydrogen (secondary N) is 1. The van der Waals surface area contributed by atoms with E-state index in [2.05, 4.69) is 17.2 Å². The molecule has 1 heterocycles. The lowest BCUT2D eigenvalue weighted by atomic mass is 10.1. The Labute approximate surface area is 106 Å². The predicted octanol–water partition coefficient (Wildman–Crippen LogP) is 1.41. The van der Waals surface area contributed by atoms with E-state index >= 15 is 0 Å². The second kappa shape index (κ2) is 5.46. The monoisotopic (exact) mass is 251 g/mol. The van der Waals surface area contributed by atoms with Gasteiger partial charge in [-0.25, -0.2) is 10.2 Å². The van der Waals surface area contributed by atoms with E-state index in [1.807, 2.05) is 0 Å². The van der Waals surface area contributed by atoms with Crippen molar-refractivity contribution < 1.29 is 9.18 Å². The van der Waals surface area contributed by atoms with Gasteiger partial charge in [0.15, 0.2) is 0 Å². The number of halogens is 1. The van der Waals surface area contributed by atoms with E-state index in [0.29, 0.717) is 23.7 Å². The van der Waals surface area contributed by atoms with Gasteiger partial charge in [0.25, 0.3) is 5.91 Å². The molecule has 3 N–H and O–H groups in total. The average Bonchev–Trinajstić information content (AvgIpc) is 2.77. The Morgan fingerprint density at radius 2 is 2.39 bits per heavy atom. The molecule has 98 valence electrons. The average molecular weight is 251 g/mol. The highest BCUT2D eigenvalue weighted by Crippen LogP contribution is 2.21. The van der Waals surface area contributed by atoms with Crippen molar-refractivity contribution in [3.63, 3.8) is 0 Å². The number of carbonyl (C=O) groups excluding carboxylic acids is 1. The number of nitrogens with two attached hydrogens (primary N) is 1. The summed E-state index contributed by atoms with van der Waals surface area (Å²) in [6.45, 7) is 3.66. The largest absolute Gasteiger partial charge is 0.296 e. The molecule has 1 amide bonds. The van der Waals surface area contributed by atoms with Crippen LogP contribution in [0.1, 0.15) is 35.7 Å². The van der Waals surface area contributed by atoms with Crippen molar-refractivity contribution >= 4 is 5.91 Å². The second-order valence-corrected chi connectivity index (χ2v) is 4.74. The van der Waals surface area contributed by atoms with Gasteiger partial charge in [0.1, 0.15) is 5.82 Å². The van der Waals surface area contributed by atoms with Gasteiger partial charge in [0, 0.05) is 23.7 Å². The van der Waals surface area contributed by atoms with Crippen molar-refractivity contribution in [1.29, 1.82) is 0 Å². The highest BCUT2D eigenvalue weighted by atomic mass is 19.1. The van der Waals surface area contributed by atoms with Crippen molar-refractivity contribution in [2.75, 3.05) is 6.54 Å². The minimum atomic E-state index is -0.397. The third kappa shape index (κ3) is 2.68. The molecule has 1 saturated heterocycles. The van der Waals surface area contributed by atoms with Crippen molar-refractivity contribution in [1.82, 2.24) is 10.3 Å².